The number of nitrogens with two attached hydrogens (primary N) is 1. The summed E-state index contributed by atoms with van der Waals surface area (Å²) in [5, 5.41) is 3.24. The average Bonchev–Trinajstić information content (AvgIpc) is 2.49. The Kier molecular flexibility index (Phi) is 4.80. The van der Waals surface area contributed by atoms with Gasteiger partial charge in [-0.25, -0.2) is 0 Å². The second-order valence-electron chi connectivity index (χ2n) is 4.26. The molecule has 0 amide bonds. The van der Waals surface area contributed by atoms with Crippen LogP contribution in [0.5, 0.6) is 17.2 Å². The summed E-state index contributed by atoms with van der Waals surface area (Å²) in [5.74, 6) is 1.90. The van der Waals surface area contributed by atoms with Gasteiger partial charge in [0, 0.05) is 16.6 Å². The lowest BCUT2D eigenvalue weighted by atomic mass is 10.2. The van der Waals surface area contributed by atoms with Gasteiger partial charge in [0.25, 0.3) is 0 Å². The Morgan fingerprint density at radius 2 is 1.48 bits per heavy atom. The smallest absolute Gasteiger partial charge is 0.162 e. The SMILES string of the molecule is COc1ccc(Br)cc1Nc1cc(OC)c(OC)cc1N. The summed E-state index contributed by atoms with van der Waals surface area (Å²) in [6.45, 7) is 0. The number of halogens is 1. The van der Waals surface area contributed by atoms with E-state index in [1.807, 2.05) is 18.2 Å². The number of benzene rings is 2. The number of ether oxygens (including phenoxy) is 3. The fourth-order valence-electron chi connectivity index (χ4n) is 1.93. The third-order valence-corrected chi connectivity index (χ3v) is 3.48. The molecule has 0 saturated heterocycles. The van der Waals surface area contributed by atoms with E-state index in [2.05, 4.69) is 21.2 Å². The van der Waals surface area contributed by atoms with Gasteiger partial charge in [-0.3, -0.25) is 0 Å². The van der Waals surface area contributed by atoms with Crippen LogP contribution in [0.1, 0.15) is 0 Å². The van der Waals surface area contributed by atoms with E-state index in [0.29, 0.717) is 28.6 Å². The number of anilines is 3. The molecule has 0 aliphatic rings. The van der Waals surface area contributed by atoms with Crippen molar-refractivity contribution in [1.29, 1.82) is 0 Å². The molecule has 0 radical (unpaired) electrons. The second kappa shape index (κ2) is 6.58. The first-order valence-electron chi connectivity index (χ1n) is 6.21. The number of hydrogen-bond acceptors (Lipinski definition) is 5. The van der Waals surface area contributed by atoms with Gasteiger partial charge in [-0.05, 0) is 18.2 Å². The molecule has 0 aliphatic carbocycles. The summed E-state index contributed by atoms with van der Waals surface area (Å²) in [7, 11) is 4.77. The Hall–Kier alpha value is -2.08. The Morgan fingerprint density at radius 3 is 2.10 bits per heavy atom. The van der Waals surface area contributed by atoms with Crippen LogP contribution in [-0.4, -0.2) is 21.3 Å². The van der Waals surface area contributed by atoms with E-state index in [1.54, 1.807) is 33.5 Å². The summed E-state index contributed by atoms with van der Waals surface area (Å²) >= 11 is 3.44. The van der Waals surface area contributed by atoms with Crippen molar-refractivity contribution in [2.45, 2.75) is 0 Å². The van der Waals surface area contributed by atoms with Crippen molar-refractivity contribution in [3.05, 3.63) is 34.8 Å². The van der Waals surface area contributed by atoms with Crippen LogP contribution in [0, 0.1) is 0 Å². The van der Waals surface area contributed by atoms with Gasteiger partial charge in [0.05, 0.1) is 38.4 Å². The van der Waals surface area contributed by atoms with Crippen molar-refractivity contribution in [1.82, 2.24) is 0 Å². The molecule has 5 nitrogen and oxygen atoms in total. The van der Waals surface area contributed by atoms with Crippen LogP contribution in [-0.2, 0) is 0 Å². The molecule has 0 fully saturated rings. The summed E-state index contributed by atoms with van der Waals surface area (Å²) in [4.78, 5) is 0. The van der Waals surface area contributed by atoms with E-state index in [4.69, 9.17) is 19.9 Å². The minimum atomic E-state index is 0.551. The van der Waals surface area contributed by atoms with Crippen LogP contribution < -0.4 is 25.3 Å². The molecule has 0 unspecified atom stereocenters. The largest absolute Gasteiger partial charge is 0.495 e. The van der Waals surface area contributed by atoms with Crippen LogP contribution >= 0.6 is 15.9 Å². The lowest BCUT2D eigenvalue weighted by molar-refractivity contribution is 0.355. The maximum absolute atomic E-state index is 6.05. The first-order chi connectivity index (χ1) is 10.1. The molecule has 0 heterocycles. The van der Waals surface area contributed by atoms with Gasteiger partial charge in [0.1, 0.15) is 5.75 Å². The minimum absolute atomic E-state index is 0.551. The van der Waals surface area contributed by atoms with Crippen molar-refractivity contribution in [3.8, 4) is 17.2 Å². The summed E-state index contributed by atoms with van der Waals surface area (Å²) < 4.78 is 16.8. The van der Waals surface area contributed by atoms with E-state index in [1.165, 1.54) is 0 Å². The molecule has 3 N–H and O–H groups in total. The number of rotatable bonds is 5. The quantitative estimate of drug-likeness (QED) is 0.801. The number of nitrogens with one attached hydrogen (secondary N) is 1. The van der Waals surface area contributed by atoms with E-state index < -0.39 is 0 Å². The van der Waals surface area contributed by atoms with Gasteiger partial charge in [0.15, 0.2) is 11.5 Å². The predicted molar refractivity (Wildman–Crippen MR) is 87.9 cm³/mol. The normalized spacial score (nSPS) is 10.1. The first-order valence-corrected chi connectivity index (χ1v) is 7.00. The average molecular weight is 353 g/mol. The summed E-state index contributed by atoms with van der Waals surface area (Å²) in [6, 6.07) is 9.18. The molecule has 2 rings (SSSR count). The maximum Gasteiger partial charge on any atom is 0.162 e. The highest BCUT2D eigenvalue weighted by molar-refractivity contribution is 9.10. The van der Waals surface area contributed by atoms with Crippen LogP contribution in [0.2, 0.25) is 0 Å². The second-order valence-corrected chi connectivity index (χ2v) is 5.18. The third-order valence-electron chi connectivity index (χ3n) is 2.99. The molecule has 0 aromatic heterocycles. The highest BCUT2D eigenvalue weighted by Gasteiger charge is 2.11. The van der Waals surface area contributed by atoms with E-state index in [0.717, 1.165) is 10.2 Å². The maximum atomic E-state index is 6.05. The van der Waals surface area contributed by atoms with Crippen molar-refractivity contribution in [3.63, 3.8) is 0 Å². The Bertz CT molecular complexity index is 647. The summed E-state index contributed by atoms with van der Waals surface area (Å²) in [5.41, 5.74) is 8.11. The molecular formula is C15H17BrN2O3. The Labute approximate surface area is 132 Å². The van der Waals surface area contributed by atoms with Crippen molar-refractivity contribution >= 4 is 33.0 Å². The molecule has 2 aromatic rings. The molecule has 6 heteroatoms. The van der Waals surface area contributed by atoms with Gasteiger partial charge in [0.2, 0.25) is 0 Å². The molecule has 0 spiro atoms. The third kappa shape index (κ3) is 3.33. The number of hydrogen-bond donors (Lipinski definition) is 2. The van der Waals surface area contributed by atoms with Gasteiger partial charge in [-0.15, -0.1) is 0 Å². The lowest BCUT2D eigenvalue weighted by Crippen LogP contribution is -2.00. The zero-order valence-corrected chi connectivity index (χ0v) is 13.7. The highest BCUT2D eigenvalue weighted by Crippen LogP contribution is 2.38. The molecule has 0 saturated carbocycles. The molecular weight excluding hydrogens is 336 g/mol. The molecule has 112 valence electrons. The molecule has 0 atom stereocenters. The first kappa shape index (κ1) is 15.3. The zero-order valence-electron chi connectivity index (χ0n) is 12.1. The van der Waals surface area contributed by atoms with Crippen LogP contribution in [0.25, 0.3) is 0 Å². The minimum Gasteiger partial charge on any atom is -0.495 e. The van der Waals surface area contributed by atoms with Crippen molar-refractivity contribution in [2.24, 2.45) is 0 Å². The van der Waals surface area contributed by atoms with E-state index in [9.17, 15) is 0 Å². The highest BCUT2D eigenvalue weighted by atomic mass is 79.9. The van der Waals surface area contributed by atoms with Crippen molar-refractivity contribution in [2.75, 3.05) is 32.4 Å². The number of nitrogen functional groups attached to an aromatic ring is 1. The van der Waals surface area contributed by atoms with Crippen molar-refractivity contribution < 1.29 is 14.2 Å². The number of methoxy groups -OCH3 is 3. The Morgan fingerprint density at radius 1 is 0.857 bits per heavy atom. The summed E-state index contributed by atoms with van der Waals surface area (Å²) in [6.07, 6.45) is 0. The van der Waals surface area contributed by atoms with Gasteiger partial charge in [-0.1, -0.05) is 15.9 Å². The fraction of sp³-hybridized carbons (Fsp3) is 0.200. The van der Waals surface area contributed by atoms with Gasteiger partial charge >= 0.3 is 0 Å². The zero-order chi connectivity index (χ0) is 15.4. The van der Waals surface area contributed by atoms with Crippen LogP contribution in [0.15, 0.2) is 34.8 Å². The van der Waals surface area contributed by atoms with E-state index in [-0.39, 0.29) is 0 Å². The monoisotopic (exact) mass is 352 g/mol. The molecule has 2 aromatic carbocycles. The van der Waals surface area contributed by atoms with Crippen LogP contribution in [0.4, 0.5) is 17.1 Å². The van der Waals surface area contributed by atoms with Crippen LogP contribution in [0.3, 0.4) is 0 Å². The fourth-order valence-corrected chi connectivity index (χ4v) is 2.29. The topological polar surface area (TPSA) is 65.7 Å². The van der Waals surface area contributed by atoms with Gasteiger partial charge in [-0.2, -0.15) is 0 Å². The Balaban J connectivity index is 2.42. The standard InChI is InChI=1S/C15H17BrN2O3/c1-19-13-5-4-9(16)6-12(13)18-11-8-15(21-3)14(20-2)7-10(11)17/h4-8,18H,17H2,1-3H3. The predicted octanol–water partition coefficient (Wildman–Crippen LogP) is 3.80. The van der Waals surface area contributed by atoms with Gasteiger partial charge < -0.3 is 25.3 Å². The molecule has 0 bridgehead atoms. The lowest BCUT2D eigenvalue weighted by Gasteiger charge is -2.16. The molecule has 0 aliphatic heterocycles. The molecule has 21 heavy (non-hydrogen) atoms. The van der Waals surface area contributed by atoms with E-state index >= 15 is 0 Å².